The molecule has 0 radical (unpaired) electrons. The predicted octanol–water partition coefficient (Wildman–Crippen LogP) is 3.89. The van der Waals surface area contributed by atoms with Crippen LogP contribution in [0.4, 0.5) is 0 Å². The van der Waals surface area contributed by atoms with Crippen LogP contribution in [0.2, 0.25) is 0 Å². The van der Waals surface area contributed by atoms with Crippen molar-refractivity contribution in [3.05, 3.63) is 59.2 Å². The van der Waals surface area contributed by atoms with Crippen LogP contribution in [0.1, 0.15) is 58.4 Å². The van der Waals surface area contributed by atoms with Crippen LogP contribution in [0, 0.1) is 0 Å². The summed E-state index contributed by atoms with van der Waals surface area (Å²) in [4.78, 5) is 29.3. The van der Waals surface area contributed by atoms with E-state index in [9.17, 15) is 9.59 Å². The molecule has 1 atom stereocenters. The van der Waals surface area contributed by atoms with Gasteiger partial charge < -0.3 is 10.6 Å². The van der Waals surface area contributed by atoms with Gasteiger partial charge in [-0.1, -0.05) is 37.1 Å². The van der Waals surface area contributed by atoms with Gasteiger partial charge in [-0.2, -0.15) is 0 Å². The number of fused-ring (bicyclic) bond motifs is 1. The first kappa shape index (κ1) is 21.8. The number of nitrogens with zero attached hydrogens (tertiary/aromatic N) is 2. The van der Waals surface area contributed by atoms with Crippen molar-refractivity contribution in [3.63, 3.8) is 0 Å². The van der Waals surface area contributed by atoms with Crippen molar-refractivity contribution < 1.29 is 9.59 Å². The van der Waals surface area contributed by atoms with Gasteiger partial charge in [-0.3, -0.25) is 14.5 Å². The molecule has 0 unspecified atom stereocenters. The second-order valence-electron chi connectivity index (χ2n) is 8.94. The highest BCUT2D eigenvalue weighted by atomic mass is 35.5. The van der Waals surface area contributed by atoms with Gasteiger partial charge in [0.15, 0.2) is 0 Å². The molecule has 0 spiro atoms. The number of likely N-dealkylation sites (tertiary alicyclic amines) is 1. The molecule has 2 amide bonds. The smallest absolute Gasteiger partial charge is 0.254 e. The van der Waals surface area contributed by atoms with E-state index in [1.807, 2.05) is 24.3 Å². The molecule has 2 heterocycles. The van der Waals surface area contributed by atoms with Gasteiger partial charge in [-0.05, 0) is 60.6 Å². The average Bonchev–Trinajstić information content (AvgIpc) is 3.46. The summed E-state index contributed by atoms with van der Waals surface area (Å²) in [5, 5.41) is 0. The third-order valence-electron chi connectivity index (χ3n) is 7.20. The van der Waals surface area contributed by atoms with Crippen LogP contribution in [-0.2, 0) is 6.42 Å². The van der Waals surface area contributed by atoms with Crippen LogP contribution in [0.15, 0.2) is 42.5 Å². The molecule has 1 saturated carbocycles. The van der Waals surface area contributed by atoms with Crippen LogP contribution in [0.3, 0.4) is 0 Å². The number of hydrogen-bond acceptors (Lipinski definition) is 3. The van der Waals surface area contributed by atoms with E-state index in [4.69, 9.17) is 5.73 Å². The topological polar surface area (TPSA) is 66.6 Å². The average molecular weight is 440 g/mol. The summed E-state index contributed by atoms with van der Waals surface area (Å²) in [6.07, 6.45) is 7.36. The van der Waals surface area contributed by atoms with E-state index in [1.165, 1.54) is 25.7 Å². The molecule has 0 bridgehead atoms. The molecule has 5 rings (SSSR count). The van der Waals surface area contributed by atoms with Crippen molar-refractivity contribution in [2.75, 3.05) is 19.6 Å². The number of amides is 2. The predicted molar refractivity (Wildman–Crippen MR) is 125 cm³/mol. The number of carbonyl (C=O) groups is 2. The molecule has 164 valence electrons. The SMILES string of the molecule is Cl.NC(=O)c1ccc(-c2ccc3c(c2)CCN([C@@H]2CCN(C4CCCC4)C2)C3=O)cc1. The van der Waals surface area contributed by atoms with Gasteiger partial charge in [-0.15, -0.1) is 12.4 Å². The lowest BCUT2D eigenvalue weighted by molar-refractivity contribution is 0.0658. The Labute approximate surface area is 190 Å². The maximum absolute atomic E-state index is 13.3. The highest BCUT2D eigenvalue weighted by Crippen LogP contribution is 2.31. The second-order valence-corrected chi connectivity index (χ2v) is 8.94. The van der Waals surface area contributed by atoms with Gasteiger partial charge in [0.2, 0.25) is 5.91 Å². The maximum atomic E-state index is 13.3. The Bertz CT molecular complexity index is 969. The van der Waals surface area contributed by atoms with Crippen LogP contribution in [0.25, 0.3) is 11.1 Å². The lowest BCUT2D eigenvalue weighted by Gasteiger charge is -2.34. The Morgan fingerprint density at radius 3 is 2.32 bits per heavy atom. The third-order valence-corrected chi connectivity index (χ3v) is 7.20. The third kappa shape index (κ3) is 4.21. The normalized spacial score (nSPS) is 21.7. The molecule has 0 aromatic heterocycles. The monoisotopic (exact) mass is 439 g/mol. The molecule has 1 saturated heterocycles. The number of primary amides is 1. The molecule has 6 heteroatoms. The Kier molecular flexibility index (Phi) is 6.35. The summed E-state index contributed by atoms with van der Waals surface area (Å²) in [5.74, 6) is -0.235. The molecule has 2 aliphatic heterocycles. The van der Waals surface area contributed by atoms with E-state index < -0.39 is 5.91 Å². The summed E-state index contributed by atoms with van der Waals surface area (Å²) < 4.78 is 0. The van der Waals surface area contributed by atoms with E-state index in [-0.39, 0.29) is 18.3 Å². The zero-order chi connectivity index (χ0) is 20.7. The van der Waals surface area contributed by atoms with Crippen molar-refractivity contribution in [2.45, 2.75) is 50.6 Å². The highest BCUT2D eigenvalue weighted by Gasteiger charge is 2.36. The van der Waals surface area contributed by atoms with Gasteiger partial charge >= 0.3 is 0 Å². The van der Waals surface area contributed by atoms with Crippen molar-refractivity contribution in [3.8, 4) is 11.1 Å². The Balaban J connectivity index is 0.00000231. The molecule has 2 N–H and O–H groups in total. The molecule has 2 aromatic carbocycles. The van der Waals surface area contributed by atoms with E-state index in [2.05, 4.69) is 15.9 Å². The summed E-state index contributed by atoms with van der Waals surface area (Å²) in [7, 11) is 0. The van der Waals surface area contributed by atoms with E-state index in [0.717, 1.165) is 60.8 Å². The zero-order valence-corrected chi connectivity index (χ0v) is 18.6. The fourth-order valence-corrected chi connectivity index (χ4v) is 5.48. The Morgan fingerprint density at radius 2 is 1.61 bits per heavy atom. The van der Waals surface area contributed by atoms with Crippen LogP contribution in [0.5, 0.6) is 0 Å². The molecule has 3 aliphatic rings. The van der Waals surface area contributed by atoms with Gasteiger partial charge in [0.25, 0.3) is 5.91 Å². The fourth-order valence-electron chi connectivity index (χ4n) is 5.48. The van der Waals surface area contributed by atoms with Crippen molar-refractivity contribution in [2.24, 2.45) is 5.73 Å². The fraction of sp³-hybridized carbons (Fsp3) is 0.440. The van der Waals surface area contributed by atoms with Gasteiger partial charge in [-0.25, -0.2) is 0 Å². The number of carbonyl (C=O) groups excluding carboxylic acids is 2. The quantitative estimate of drug-likeness (QED) is 0.785. The first-order chi connectivity index (χ1) is 14.6. The Hall–Kier alpha value is -2.37. The standard InChI is InChI=1S/C25H29N3O2.ClH/c26-24(29)18-7-5-17(6-8-18)19-9-10-23-20(15-19)11-14-28(25(23)30)22-12-13-27(16-22)21-3-1-2-4-21;/h5-10,15,21-22H,1-4,11-14,16H2,(H2,26,29);1H/t22-;/m1./s1. The number of benzene rings is 2. The number of rotatable bonds is 4. The van der Waals surface area contributed by atoms with Gasteiger partial charge in [0.05, 0.1) is 0 Å². The van der Waals surface area contributed by atoms with Crippen LogP contribution in [-0.4, -0.2) is 53.3 Å². The first-order valence-corrected chi connectivity index (χ1v) is 11.2. The molecule has 5 nitrogen and oxygen atoms in total. The Morgan fingerprint density at radius 1 is 0.903 bits per heavy atom. The number of halogens is 1. The van der Waals surface area contributed by atoms with Crippen LogP contribution < -0.4 is 5.73 Å². The summed E-state index contributed by atoms with van der Waals surface area (Å²) in [6, 6.07) is 14.5. The highest BCUT2D eigenvalue weighted by molar-refractivity contribution is 5.98. The lowest BCUT2D eigenvalue weighted by Crippen LogP contribution is -2.46. The van der Waals surface area contributed by atoms with Crippen LogP contribution >= 0.6 is 12.4 Å². The van der Waals surface area contributed by atoms with Crippen molar-refractivity contribution in [1.29, 1.82) is 0 Å². The summed E-state index contributed by atoms with van der Waals surface area (Å²) in [6.45, 7) is 2.97. The number of nitrogens with two attached hydrogens (primary N) is 1. The number of hydrogen-bond donors (Lipinski definition) is 1. The van der Waals surface area contributed by atoms with Crippen molar-refractivity contribution in [1.82, 2.24) is 9.80 Å². The molecular weight excluding hydrogens is 410 g/mol. The molecule has 1 aliphatic carbocycles. The minimum absolute atomic E-state index is 0. The van der Waals surface area contributed by atoms with E-state index >= 15 is 0 Å². The second kappa shape index (κ2) is 9.01. The van der Waals surface area contributed by atoms with E-state index in [0.29, 0.717) is 11.6 Å². The van der Waals surface area contributed by atoms with Crippen molar-refractivity contribution >= 4 is 24.2 Å². The summed E-state index contributed by atoms with van der Waals surface area (Å²) >= 11 is 0. The van der Waals surface area contributed by atoms with Gasteiger partial charge in [0, 0.05) is 42.8 Å². The molecular formula is C25H30ClN3O2. The molecule has 2 aromatic rings. The van der Waals surface area contributed by atoms with Gasteiger partial charge in [0.1, 0.15) is 0 Å². The molecule has 31 heavy (non-hydrogen) atoms. The first-order valence-electron chi connectivity index (χ1n) is 11.2. The maximum Gasteiger partial charge on any atom is 0.254 e. The van der Waals surface area contributed by atoms with E-state index in [1.54, 1.807) is 12.1 Å². The minimum Gasteiger partial charge on any atom is -0.366 e. The largest absolute Gasteiger partial charge is 0.366 e. The minimum atomic E-state index is -0.420. The molecule has 2 fully saturated rings. The summed E-state index contributed by atoms with van der Waals surface area (Å²) in [5.41, 5.74) is 9.90. The zero-order valence-electron chi connectivity index (χ0n) is 17.8. The lowest BCUT2D eigenvalue weighted by atomic mass is 9.93.